The fraction of sp³-hybridized carbons (Fsp3) is 0.0370. The minimum Gasteiger partial charge on any atom is -0.284 e. The van der Waals surface area contributed by atoms with E-state index in [1.165, 1.54) is 79.7 Å². The molecule has 0 saturated carbocycles. The SMILES string of the molecule is C1=C(/C=C/c2ccccc2)CCC(c2ccc(N(c3ccc(-c4ccc(/C=C/c5ccccc5)cc4)s3)c3ccc(-c4ccc(/C=C/c5ccccc5)cc4)s3)s2)=C1. The zero-order chi connectivity index (χ0) is 38.9. The van der Waals surface area contributed by atoms with Crippen LogP contribution in [0.4, 0.5) is 15.0 Å². The molecule has 0 unspecified atom stereocenters. The smallest absolute Gasteiger partial charge is 0.102 e. The Labute approximate surface area is 353 Å². The number of hydrogen-bond acceptors (Lipinski definition) is 4. The molecule has 1 aliphatic rings. The molecule has 0 bridgehead atoms. The van der Waals surface area contributed by atoms with E-state index in [9.17, 15) is 0 Å². The van der Waals surface area contributed by atoms with Crippen LogP contribution in [-0.2, 0) is 0 Å². The average molecular weight is 800 g/mol. The molecular weight excluding hydrogens is 759 g/mol. The lowest BCUT2D eigenvalue weighted by atomic mass is 9.96. The molecule has 1 nitrogen and oxygen atoms in total. The summed E-state index contributed by atoms with van der Waals surface area (Å²) in [6.07, 6.45) is 19.8. The largest absolute Gasteiger partial charge is 0.284 e. The van der Waals surface area contributed by atoms with Crippen LogP contribution >= 0.6 is 34.0 Å². The van der Waals surface area contributed by atoms with Gasteiger partial charge in [-0.3, -0.25) is 4.90 Å². The second kappa shape index (κ2) is 17.9. The van der Waals surface area contributed by atoms with Gasteiger partial charge in [-0.25, -0.2) is 0 Å². The minimum atomic E-state index is 1.03. The fourth-order valence-corrected chi connectivity index (χ4v) is 10.3. The van der Waals surface area contributed by atoms with Crippen molar-refractivity contribution in [2.75, 3.05) is 4.90 Å². The van der Waals surface area contributed by atoms with Crippen LogP contribution in [0.2, 0.25) is 0 Å². The van der Waals surface area contributed by atoms with Gasteiger partial charge in [0.1, 0.15) is 15.0 Å². The van der Waals surface area contributed by atoms with E-state index >= 15 is 0 Å². The van der Waals surface area contributed by atoms with Gasteiger partial charge in [0.05, 0.1) is 0 Å². The zero-order valence-electron chi connectivity index (χ0n) is 31.9. The first-order valence-electron chi connectivity index (χ1n) is 19.6. The van der Waals surface area contributed by atoms with Crippen molar-refractivity contribution >= 4 is 85.0 Å². The topological polar surface area (TPSA) is 3.24 Å². The summed E-state index contributed by atoms with van der Waals surface area (Å²) in [5, 5.41) is 3.63. The number of rotatable bonds is 12. The van der Waals surface area contributed by atoms with Crippen molar-refractivity contribution in [3.8, 4) is 20.9 Å². The van der Waals surface area contributed by atoms with Crippen LogP contribution in [0.5, 0.6) is 0 Å². The molecule has 0 spiro atoms. The van der Waals surface area contributed by atoms with Gasteiger partial charge in [-0.15, -0.1) is 34.0 Å². The molecule has 3 heterocycles. The second-order valence-electron chi connectivity index (χ2n) is 14.2. The summed E-state index contributed by atoms with van der Waals surface area (Å²) in [7, 11) is 0. The van der Waals surface area contributed by atoms with Crippen molar-refractivity contribution < 1.29 is 0 Å². The van der Waals surface area contributed by atoms with Crippen molar-refractivity contribution in [1.82, 2.24) is 0 Å². The number of nitrogens with zero attached hydrogens (tertiary/aromatic N) is 1. The van der Waals surface area contributed by atoms with E-state index in [1.54, 1.807) is 0 Å². The van der Waals surface area contributed by atoms with E-state index in [4.69, 9.17) is 0 Å². The van der Waals surface area contributed by atoms with Crippen molar-refractivity contribution in [1.29, 1.82) is 0 Å². The molecule has 4 heteroatoms. The molecule has 58 heavy (non-hydrogen) atoms. The molecule has 0 atom stereocenters. The van der Waals surface area contributed by atoms with Crippen molar-refractivity contribution in [3.05, 3.63) is 232 Å². The second-order valence-corrected chi connectivity index (χ2v) is 17.3. The molecule has 0 fully saturated rings. The molecule has 9 rings (SSSR count). The highest BCUT2D eigenvalue weighted by atomic mass is 32.1. The molecule has 5 aromatic carbocycles. The van der Waals surface area contributed by atoms with Crippen LogP contribution in [0.3, 0.4) is 0 Å². The number of anilines is 3. The van der Waals surface area contributed by atoms with E-state index in [-0.39, 0.29) is 0 Å². The standard InChI is InChI=1S/C54H41NS3/c1-4-10-40(11-5-1)16-19-43-22-28-46(29-23-43)49-34-37-52(56-49)55(53-38-35-50(57-53)47-30-24-44(25-31-47)20-17-41-12-6-2-7-13-41)54-39-36-51(58-54)48-32-26-45(27-33-48)21-18-42-14-8-3-9-15-42/h1-26,28-32,34-39H,27,33H2/b19-16+,20-17+,21-18+. The molecule has 0 aliphatic heterocycles. The van der Waals surface area contributed by atoms with Crippen LogP contribution in [0.1, 0.15) is 45.5 Å². The number of benzene rings is 5. The molecule has 0 saturated heterocycles. The Bertz CT molecular complexity index is 2610. The number of hydrogen-bond donors (Lipinski definition) is 0. The summed E-state index contributed by atoms with van der Waals surface area (Å²) in [6.45, 7) is 0. The summed E-state index contributed by atoms with van der Waals surface area (Å²) in [4.78, 5) is 6.29. The number of allylic oxidation sites excluding steroid dienone is 5. The van der Waals surface area contributed by atoms with Crippen LogP contribution < -0.4 is 4.90 Å². The molecule has 3 aromatic heterocycles. The van der Waals surface area contributed by atoms with Gasteiger partial charge < -0.3 is 0 Å². The zero-order valence-corrected chi connectivity index (χ0v) is 34.4. The Kier molecular flexibility index (Phi) is 11.5. The Balaban J connectivity index is 0.988. The predicted molar refractivity (Wildman–Crippen MR) is 257 cm³/mol. The lowest BCUT2D eigenvalue weighted by Gasteiger charge is -2.19. The maximum Gasteiger partial charge on any atom is 0.102 e. The van der Waals surface area contributed by atoms with E-state index in [1.807, 2.05) is 34.0 Å². The van der Waals surface area contributed by atoms with Gasteiger partial charge >= 0.3 is 0 Å². The lowest BCUT2D eigenvalue weighted by molar-refractivity contribution is 1.01. The lowest BCUT2D eigenvalue weighted by Crippen LogP contribution is -2.04. The molecule has 0 radical (unpaired) electrons. The summed E-state index contributed by atoms with van der Waals surface area (Å²) in [5.74, 6) is 0. The summed E-state index contributed by atoms with van der Waals surface area (Å²) in [5.41, 5.74) is 11.2. The average Bonchev–Trinajstić information content (AvgIpc) is 4.10. The van der Waals surface area contributed by atoms with Crippen molar-refractivity contribution in [2.45, 2.75) is 12.8 Å². The molecule has 0 amide bonds. The van der Waals surface area contributed by atoms with E-state index in [2.05, 4.69) is 229 Å². The van der Waals surface area contributed by atoms with Gasteiger partial charge in [0.25, 0.3) is 0 Å². The van der Waals surface area contributed by atoms with Crippen LogP contribution in [-0.4, -0.2) is 0 Å². The van der Waals surface area contributed by atoms with Gasteiger partial charge in [-0.05, 0) is 99.3 Å². The van der Waals surface area contributed by atoms with Crippen LogP contribution in [0.15, 0.2) is 200 Å². The highest BCUT2D eigenvalue weighted by Gasteiger charge is 2.21. The first-order chi connectivity index (χ1) is 28.7. The quantitative estimate of drug-likeness (QED) is 0.111. The molecule has 0 N–H and O–H groups in total. The fourth-order valence-electron chi connectivity index (χ4n) is 6.95. The third kappa shape index (κ3) is 9.12. The van der Waals surface area contributed by atoms with Gasteiger partial charge in [-0.2, -0.15) is 0 Å². The molecule has 280 valence electrons. The van der Waals surface area contributed by atoms with Crippen LogP contribution in [0, 0.1) is 0 Å². The highest BCUT2D eigenvalue weighted by Crippen LogP contribution is 2.48. The first kappa shape index (κ1) is 37.3. The van der Waals surface area contributed by atoms with E-state index < -0.39 is 0 Å². The Morgan fingerprint density at radius 3 is 1.12 bits per heavy atom. The van der Waals surface area contributed by atoms with Gasteiger partial charge in [-0.1, -0.05) is 188 Å². The van der Waals surface area contributed by atoms with Crippen molar-refractivity contribution in [3.63, 3.8) is 0 Å². The van der Waals surface area contributed by atoms with Crippen molar-refractivity contribution in [2.24, 2.45) is 0 Å². The first-order valence-corrected chi connectivity index (χ1v) is 22.1. The minimum absolute atomic E-state index is 1.03. The third-order valence-electron chi connectivity index (χ3n) is 10.2. The summed E-state index contributed by atoms with van der Waals surface area (Å²) < 4.78 is 0. The normalized spacial score (nSPS) is 13.0. The Hall–Kier alpha value is -6.30. The Morgan fingerprint density at radius 1 is 0.328 bits per heavy atom. The van der Waals surface area contributed by atoms with Gasteiger partial charge in [0.15, 0.2) is 0 Å². The molecular formula is C54H41NS3. The maximum atomic E-state index is 2.46. The van der Waals surface area contributed by atoms with Gasteiger partial charge in [0, 0.05) is 14.6 Å². The third-order valence-corrected chi connectivity index (χ3v) is 13.5. The Morgan fingerprint density at radius 2 is 0.707 bits per heavy atom. The molecule has 1 aliphatic carbocycles. The monoisotopic (exact) mass is 799 g/mol. The van der Waals surface area contributed by atoms with Gasteiger partial charge in [0.2, 0.25) is 0 Å². The molecule has 8 aromatic rings. The predicted octanol–water partition coefficient (Wildman–Crippen LogP) is 16.8. The maximum absolute atomic E-state index is 2.46. The number of thiophene rings is 3. The summed E-state index contributed by atoms with van der Waals surface area (Å²) in [6, 6.07) is 62.9. The van der Waals surface area contributed by atoms with Crippen LogP contribution in [0.25, 0.3) is 56.8 Å². The summed E-state index contributed by atoms with van der Waals surface area (Å²) >= 11 is 5.56. The van der Waals surface area contributed by atoms with E-state index in [0.717, 1.165) is 12.8 Å². The highest BCUT2D eigenvalue weighted by molar-refractivity contribution is 7.23. The van der Waals surface area contributed by atoms with E-state index in [0.29, 0.717) is 0 Å².